The van der Waals surface area contributed by atoms with E-state index in [1.165, 1.54) is 57.8 Å². The van der Waals surface area contributed by atoms with Gasteiger partial charge >= 0.3 is 19.2 Å². The van der Waals surface area contributed by atoms with Crippen LogP contribution in [0.2, 0.25) is 0 Å². The van der Waals surface area contributed by atoms with Gasteiger partial charge in [0.15, 0.2) is 0 Å². The number of hydrogen-bond acceptors (Lipinski definition) is 4. The van der Waals surface area contributed by atoms with Gasteiger partial charge in [-0.05, 0) is 12.0 Å². The third-order valence-electron chi connectivity index (χ3n) is 6.17. The van der Waals surface area contributed by atoms with Gasteiger partial charge in [-0.3, -0.25) is 9.36 Å². The Hall–Kier alpha value is -1.34. The molecule has 0 radical (unpaired) electrons. The summed E-state index contributed by atoms with van der Waals surface area (Å²) in [6.45, 7) is 2.22. The van der Waals surface area contributed by atoms with Gasteiger partial charge in [0, 0.05) is 12.8 Å². The van der Waals surface area contributed by atoms with Gasteiger partial charge in [-0.1, -0.05) is 114 Å². The van der Waals surface area contributed by atoms with Crippen molar-refractivity contribution in [3.63, 3.8) is 0 Å². The average Bonchev–Trinajstić information content (AvgIpc) is 2.80. The SMILES string of the molecule is CCCCCCCCCCCCCCCC(=O)O[C@@H](c1ccccc1)[C@@H](N)CC(F)(F)P(=O)(O)O. The summed E-state index contributed by atoms with van der Waals surface area (Å²) in [5, 5.41) is 0. The molecular weight excluding hydrogens is 475 g/mol. The number of ether oxygens (including phenoxy) is 1. The van der Waals surface area contributed by atoms with Crippen molar-refractivity contribution in [2.24, 2.45) is 5.73 Å². The summed E-state index contributed by atoms with van der Waals surface area (Å²) in [7, 11) is -5.69. The molecule has 6 nitrogen and oxygen atoms in total. The number of esters is 1. The zero-order valence-electron chi connectivity index (χ0n) is 21.0. The molecule has 0 aliphatic heterocycles. The highest BCUT2D eigenvalue weighted by molar-refractivity contribution is 7.53. The van der Waals surface area contributed by atoms with Crippen LogP contribution in [-0.4, -0.2) is 27.5 Å². The van der Waals surface area contributed by atoms with Crippen LogP contribution < -0.4 is 5.73 Å². The lowest BCUT2D eigenvalue weighted by atomic mass is 10.00. The van der Waals surface area contributed by atoms with E-state index >= 15 is 0 Å². The molecule has 0 saturated carbocycles. The maximum Gasteiger partial charge on any atom is 0.394 e. The van der Waals surface area contributed by atoms with Gasteiger partial charge < -0.3 is 20.3 Å². The van der Waals surface area contributed by atoms with Crippen molar-refractivity contribution in [3.05, 3.63) is 35.9 Å². The van der Waals surface area contributed by atoms with E-state index in [1.54, 1.807) is 30.3 Å². The van der Waals surface area contributed by atoms with Gasteiger partial charge in [0.05, 0.1) is 6.04 Å². The third-order valence-corrected chi connectivity index (χ3v) is 7.20. The summed E-state index contributed by atoms with van der Waals surface area (Å²) in [6.07, 6.45) is 12.9. The van der Waals surface area contributed by atoms with E-state index in [4.69, 9.17) is 20.3 Å². The topological polar surface area (TPSA) is 110 Å². The molecule has 0 bridgehead atoms. The van der Waals surface area contributed by atoms with Crippen LogP contribution in [0.4, 0.5) is 8.78 Å². The van der Waals surface area contributed by atoms with Crippen LogP contribution in [0.15, 0.2) is 30.3 Å². The van der Waals surface area contributed by atoms with E-state index in [9.17, 15) is 18.1 Å². The molecule has 0 spiro atoms. The molecule has 0 aromatic heterocycles. The highest BCUT2D eigenvalue weighted by Crippen LogP contribution is 2.55. The lowest BCUT2D eigenvalue weighted by Gasteiger charge is -2.28. The molecule has 1 rings (SSSR count). The first kappa shape index (κ1) is 31.7. The van der Waals surface area contributed by atoms with Crippen LogP contribution >= 0.6 is 7.60 Å². The predicted octanol–water partition coefficient (Wildman–Crippen LogP) is 7.24. The second-order valence-electron chi connectivity index (χ2n) is 9.39. The number of hydrogen-bond donors (Lipinski definition) is 3. The fourth-order valence-corrected chi connectivity index (χ4v) is 4.49. The molecule has 202 valence electrons. The van der Waals surface area contributed by atoms with E-state index in [1.807, 2.05) is 0 Å². The number of nitrogens with two attached hydrogens (primary N) is 1. The number of benzene rings is 1. The number of carbonyl (C=O) groups is 1. The molecule has 0 amide bonds. The number of rotatable bonds is 20. The lowest BCUT2D eigenvalue weighted by molar-refractivity contribution is -0.151. The number of alkyl halides is 2. The van der Waals surface area contributed by atoms with Gasteiger partial charge in [-0.25, -0.2) is 0 Å². The first-order valence-corrected chi connectivity index (χ1v) is 14.6. The molecule has 35 heavy (non-hydrogen) atoms. The zero-order valence-corrected chi connectivity index (χ0v) is 21.9. The van der Waals surface area contributed by atoms with E-state index in [-0.39, 0.29) is 6.42 Å². The van der Waals surface area contributed by atoms with Crippen LogP contribution in [-0.2, 0) is 14.1 Å². The van der Waals surface area contributed by atoms with Gasteiger partial charge in [0.1, 0.15) is 6.10 Å². The van der Waals surface area contributed by atoms with E-state index < -0.39 is 37.8 Å². The Morgan fingerprint density at radius 2 is 1.37 bits per heavy atom. The van der Waals surface area contributed by atoms with Gasteiger partial charge in [0.25, 0.3) is 0 Å². The molecule has 2 atom stereocenters. The van der Waals surface area contributed by atoms with Crippen molar-refractivity contribution in [3.8, 4) is 0 Å². The normalized spacial score (nSPS) is 14.0. The van der Waals surface area contributed by atoms with Crippen molar-refractivity contribution in [1.82, 2.24) is 0 Å². The summed E-state index contributed by atoms with van der Waals surface area (Å²) < 4.78 is 44.3. The standard InChI is InChI=1S/C26H44F2NO5P/c1-2-3-4-5-6-7-8-9-10-11-12-13-17-20-24(30)34-25(22-18-15-14-16-19-22)23(29)21-26(27,28)35(31,32)33/h14-16,18-19,23,25H,2-13,17,20-21,29H2,1H3,(H2,31,32,33)/t23-,25-/m0/s1. The predicted molar refractivity (Wildman–Crippen MR) is 135 cm³/mol. The van der Waals surface area contributed by atoms with Crippen LogP contribution in [0.25, 0.3) is 0 Å². The number of carbonyl (C=O) groups excluding carboxylic acids is 1. The van der Waals surface area contributed by atoms with Gasteiger partial charge in [-0.15, -0.1) is 0 Å². The summed E-state index contributed by atoms with van der Waals surface area (Å²) in [6, 6.07) is 6.70. The Kier molecular flexibility index (Phi) is 15.5. The summed E-state index contributed by atoms with van der Waals surface area (Å²) in [4.78, 5) is 30.2. The maximum absolute atomic E-state index is 13.9. The molecule has 9 heteroatoms. The van der Waals surface area contributed by atoms with Crippen LogP contribution in [0.1, 0.15) is 115 Å². The molecule has 0 aliphatic rings. The second-order valence-corrected chi connectivity index (χ2v) is 11.1. The first-order chi connectivity index (χ1) is 16.6. The number of halogens is 2. The van der Waals surface area contributed by atoms with Crippen molar-refractivity contribution >= 4 is 13.6 Å². The summed E-state index contributed by atoms with van der Waals surface area (Å²) in [5.41, 5.74) is 1.95. The van der Waals surface area contributed by atoms with E-state index in [2.05, 4.69) is 6.92 Å². The molecule has 0 heterocycles. The molecule has 1 aromatic carbocycles. The Labute approximate surface area is 209 Å². The minimum Gasteiger partial charge on any atom is -0.456 e. The Morgan fingerprint density at radius 3 is 1.83 bits per heavy atom. The highest BCUT2D eigenvalue weighted by Gasteiger charge is 2.50. The minimum absolute atomic E-state index is 0.142. The zero-order chi connectivity index (χ0) is 26.2. The smallest absolute Gasteiger partial charge is 0.394 e. The molecule has 0 fully saturated rings. The van der Waals surface area contributed by atoms with E-state index in [0.717, 1.165) is 19.3 Å². The molecule has 1 aromatic rings. The lowest BCUT2D eigenvalue weighted by Crippen LogP contribution is -2.37. The number of unbranched alkanes of at least 4 members (excludes halogenated alkanes) is 12. The summed E-state index contributed by atoms with van der Waals surface area (Å²) in [5.74, 6) is -0.558. The monoisotopic (exact) mass is 519 g/mol. The molecule has 0 aliphatic carbocycles. The first-order valence-electron chi connectivity index (χ1n) is 13.0. The van der Waals surface area contributed by atoms with Crippen LogP contribution in [0, 0.1) is 0 Å². The fourth-order valence-electron chi connectivity index (χ4n) is 4.04. The highest BCUT2D eigenvalue weighted by atomic mass is 31.2. The third kappa shape index (κ3) is 13.5. The largest absolute Gasteiger partial charge is 0.456 e. The fraction of sp³-hybridized carbons (Fsp3) is 0.731. The van der Waals surface area contributed by atoms with Crippen molar-refractivity contribution in [1.29, 1.82) is 0 Å². The van der Waals surface area contributed by atoms with E-state index in [0.29, 0.717) is 12.0 Å². The Balaban J connectivity index is 2.35. The summed E-state index contributed by atoms with van der Waals surface area (Å²) >= 11 is 0. The molecule has 0 saturated heterocycles. The molecule has 4 N–H and O–H groups in total. The molecular formula is C26H44F2NO5P. The minimum atomic E-state index is -5.69. The van der Waals surface area contributed by atoms with Crippen molar-refractivity contribution < 1.29 is 32.7 Å². The van der Waals surface area contributed by atoms with Crippen molar-refractivity contribution in [2.45, 2.75) is 121 Å². The maximum atomic E-state index is 13.9. The quantitative estimate of drug-likeness (QED) is 0.0951. The Morgan fingerprint density at radius 1 is 0.914 bits per heavy atom. The average molecular weight is 520 g/mol. The Bertz CT molecular complexity index is 745. The van der Waals surface area contributed by atoms with Gasteiger partial charge in [0.2, 0.25) is 0 Å². The van der Waals surface area contributed by atoms with Crippen molar-refractivity contribution in [2.75, 3.05) is 0 Å². The second kappa shape index (κ2) is 17.2. The van der Waals surface area contributed by atoms with Crippen LogP contribution in [0.3, 0.4) is 0 Å². The molecule has 0 unspecified atom stereocenters. The van der Waals surface area contributed by atoms with Crippen LogP contribution in [0.5, 0.6) is 0 Å². The van der Waals surface area contributed by atoms with Gasteiger partial charge in [-0.2, -0.15) is 8.78 Å².